The van der Waals surface area contributed by atoms with E-state index in [1.165, 1.54) is 0 Å². The van der Waals surface area contributed by atoms with Gasteiger partial charge in [-0.15, -0.1) is 4.72 Å². The van der Waals surface area contributed by atoms with Crippen molar-refractivity contribution in [2.24, 2.45) is 5.92 Å². The summed E-state index contributed by atoms with van der Waals surface area (Å²) in [5.74, 6) is -2.73. The molecule has 0 aliphatic heterocycles. The second-order valence-corrected chi connectivity index (χ2v) is 8.66. The Kier molecular flexibility index (Phi) is 4.99. The molecule has 0 saturated heterocycles. The van der Waals surface area contributed by atoms with Crippen LogP contribution < -0.4 is 4.72 Å². The highest BCUT2D eigenvalue weighted by molar-refractivity contribution is 7.90. The highest BCUT2D eigenvalue weighted by Crippen LogP contribution is 2.44. The summed E-state index contributed by atoms with van der Waals surface area (Å²) in [5.41, 5.74) is -1.85. The molecule has 1 aliphatic carbocycles. The van der Waals surface area contributed by atoms with E-state index in [0.29, 0.717) is 6.07 Å². The molecule has 23 heavy (non-hydrogen) atoms. The molecule has 1 aliphatic rings. The fourth-order valence-electron chi connectivity index (χ4n) is 2.15. The summed E-state index contributed by atoms with van der Waals surface area (Å²) in [4.78, 5) is 0. The van der Waals surface area contributed by atoms with Gasteiger partial charge in [-0.1, -0.05) is 0 Å². The Morgan fingerprint density at radius 1 is 1.13 bits per heavy atom. The molecule has 0 radical (unpaired) electrons. The summed E-state index contributed by atoms with van der Waals surface area (Å²) < 4.78 is 80.1. The van der Waals surface area contributed by atoms with Crippen molar-refractivity contribution in [2.75, 3.05) is 0 Å². The Labute approximate surface area is 134 Å². The second kappa shape index (κ2) is 6.22. The number of rotatable bonds is 4. The van der Waals surface area contributed by atoms with Crippen LogP contribution in [0.15, 0.2) is 12.1 Å². The summed E-state index contributed by atoms with van der Waals surface area (Å²) in [6, 6.07) is -0.0396. The summed E-state index contributed by atoms with van der Waals surface area (Å²) in [7, 11) is 0. The van der Waals surface area contributed by atoms with Crippen LogP contribution in [0.25, 0.3) is 0 Å². The molecule has 1 saturated carbocycles. The third kappa shape index (κ3) is 4.36. The van der Waals surface area contributed by atoms with Gasteiger partial charge in [0.05, 0.1) is 11.6 Å². The van der Waals surface area contributed by atoms with Crippen molar-refractivity contribution in [1.82, 2.24) is 4.72 Å². The van der Waals surface area contributed by atoms with E-state index in [1.807, 2.05) is 0 Å². The van der Waals surface area contributed by atoms with Gasteiger partial charge < -0.3 is 4.55 Å². The van der Waals surface area contributed by atoms with E-state index in [-0.39, 0.29) is 17.5 Å². The topological polar surface area (TPSA) is 35.1 Å². The van der Waals surface area contributed by atoms with Gasteiger partial charge in [-0.05, 0) is 51.7 Å². The normalized spacial score (nSPS) is 18.8. The van der Waals surface area contributed by atoms with Gasteiger partial charge in [-0.25, -0.2) is 8.78 Å². The highest BCUT2D eigenvalue weighted by Gasteiger charge is 2.41. The molecule has 1 aromatic carbocycles. The quantitative estimate of drug-likeness (QED) is 0.638. The number of nitrogens with one attached hydrogen (secondary N) is 1. The first-order valence-electron chi connectivity index (χ1n) is 7.15. The van der Waals surface area contributed by atoms with Crippen LogP contribution in [0.3, 0.4) is 0 Å². The van der Waals surface area contributed by atoms with E-state index < -0.39 is 45.5 Å². The summed E-state index contributed by atoms with van der Waals surface area (Å²) in [5, 5.41) is 0. The zero-order valence-corrected chi connectivity index (χ0v) is 13.7. The maximum Gasteiger partial charge on any atom is 0.419 e. The molecule has 2 nitrogen and oxygen atoms in total. The second-order valence-electron chi connectivity index (χ2n) is 6.67. The van der Waals surface area contributed by atoms with Crippen molar-refractivity contribution in [1.29, 1.82) is 0 Å². The van der Waals surface area contributed by atoms with Gasteiger partial charge in [0, 0.05) is 16.9 Å². The molecule has 1 N–H and O–H groups in total. The van der Waals surface area contributed by atoms with E-state index in [0.717, 1.165) is 12.8 Å². The minimum absolute atomic E-state index is 0.0630. The first-order valence-corrected chi connectivity index (χ1v) is 8.30. The molecule has 130 valence electrons. The largest absolute Gasteiger partial charge is 0.598 e. The Morgan fingerprint density at radius 3 is 2.13 bits per heavy atom. The molecular weight excluding hydrogens is 337 g/mol. The molecule has 2 atom stereocenters. The summed E-state index contributed by atoms with van der Waals surface area (Å²) >= 11 is -1.55. The van der Waals surface area contributed by atoms with E-state index in [1.54, 1.807) is 20.8 Å². The van der Waals surface area contributed by atoms with Crippen molar-refractivity contribution in [3.8, 4) is 0 Å². The van der Waals surface area contributed by atoms with Crippen LogP contribution in [0.5, 0.6) is 0 Å². The minimum Gasteiger partial charge on any atom is -0.598 e. The van der Waals surface area contributed by atoms with Crippen molar-refractivity contribution in [3.05, 3.63) is 34.9 Å². The van der Waals surface area contributed by atoms with E-state index >= 15 is 0 Å². The maximum absolute atomic E-state index is 14.1. The van der Waals surface area contributed by atoms with E-state index in [4.69, 9.17) is 0 Å². The lowest BCUT2D eigenvalue weighted by molar-refractivity contribution is -0.140. The van der Waals surface area contributed by atoms with Crippen LogP contribution in [0.1, 0.15) is 50.8 Å². The van der Waals surface area contributed by atoms with E-state index in [9.17, 15) is 26.5 Å². The average Bonchev–Trinajstić information content (AvgIpc) is 3.20. The molecule has 2 rings (SSSR count). The molecular formula is C15H18F5NOS. The lowest BCUT2D eigenvalue weighted by atomic mass is 10.0. The fraction of sp³-hybridized carbons (Fsp3) is 0.600. The first-order chi connectivity index (χ1) is 10.4. The molecule has 1 aromatic rings. The predicted molar refractivity (Wildman–Crippen MR) is 77.9 cm³/mol. The van der Waals surface area contributed by atoms with Gasteiger partial charge in [0.25, 0.3) is 0 Å². The Morgan fingerprint density at radius 2 is 1.70 bits per heavy atom. The van der Waals surface area contributed by atoms with Crippen molar-refractivity contribution in [3.63, 3.8) is 0 Å². The zero-order chi connectivity index (χ0) is 17.6. The first kappa shape index (κ1) is 18.5. The van der Waals surface area contributed by atoms with Crippen molar-refractivity contribution in [2.45, 2.75) is 50.6 Å². The van der Waals surface area contributed by atoms with Crippen LogP contribution in [-0.2, 0) is 17.5 Å². The van der Waals surface area contributed by atoms with Crippen LogP contribution >= 0.6 is 0 Å². The summed E-state index contributed by atoms with van der Waals surface area (Å²) in [6.45, 7) is 5.14. The van der Waals surface area contributed by atoms with Crippen LogP contribution in [0.2, 0.25) is 0 Å². The zero-order valence-electron chi connectivity index (χ0n) is 12.9. The number of hydrogen-bond acceptors (Lipinski definition) is 2. The van der Waals surface area contributed by atoms with Gasteiger partial charge in [0.2, 0.25) is 0 Å². The fourth-order valence-corrected chi connectivity index (χ4v) is 3.06. The van der Waals surface area contributed by atoms with Crippen LogP contribution in [-0.4, -0.2) is 9.30 Å². The maximum atomic E-state index is 14.1. The molecule has 0 aromatic heterocycles. The van der Waals surface area contributed by atoms with Gasteiger partial charge in [0.1, 0.15) is 16.4 Å². The monoisotopic (exact) mass is 355 g/mol. The van der Waals surface area contributed by atoms with E-state index in [2.05, 4.69) is 4.72 Å². The van der Waals surface area contributed by atoms with Gasteiger partial charge in [-0.3, -0.25) is 0 Å². The number of halogens is 5. The van der Waals surface area contributed by atoms with Gasteiger partial charge in [-0.2, -0.15) is 13.2 Å². The molecule has 0 spiro atoms. The molecule has 0 amide bonds. The predicted octanol–water partition coefficient (Wildman–Crippen LogP) is 4.49. The van der Waals surface area contributed by atoms with Crippen LogP contribution in [0, 0.1) is 17.6 Å². The third-order valence-corrected chi connectivity index (χ3v) is 5.19. The highest BCUT2D eigenvalue weighted by atomic mass is 32.2. The molecule has 1 fully saturated rings. The smallest absolute Gasteiger partial charge is 0.419 e. The molecule has 0 bridgehead atoms. The Bertz CT molecular complexity index is 580. The minimum atomic E-state index is -4.96. The Balaban J connectivity index is 2.35. The molecule has 8 heteroatoms. The molecule has 0 heterocycles. The number of benzene rings is 1. The van der Waals surface area contributed by atoms with Crippen LogP contribution in [0.4, 0.5) is 22.0 Å². The SMILES string of the molecule is CC(C)(C)[S@@+]([O-])NC(c1cc(F)c(C(F)(F)F)cc1F)C1CC1. The van der Waals surface area contributed by atoms with Gasteiger partial charge >= 0.3 is 6.18 Å². The third-order valence-electron chi connectivity index (χ3n) is 3.61. The lowest BCUT2D eigenvalue weighted by Gasteiger charge is -2.28. The molecule has 1 unspecified atom stereocenters. The standard InChI is InChI=1S/C15H18F5NOS/c1-14(2,3)23(22)21-13(8-4-5-8)9-6-12(17)10(7-11(9)16)15(18,19)20/h6-8,13,21H,4-5H2,1-3H3/t13?,23-/m1/s1. The van der Waals surface area contributed by atoms with Gasteiger partial charge in [0.15, 0.2) is 0 Å². The average molecular weight is 355 g/mol. The Hall–Kier alpha value is -0.860. The number of alkyl halides is 3. The van der Waals surface area contributed by atoms with Crippen molar-refractivity contribution >= 4 is 11.4 Å². The lowest BCUT2D eigenvalue weighted by Crippen LogP contribution is -2.42. The van der Waals surface area contributed by atoms with Crippen molar-refractivity contribution < 1.29 is 26.5 Å². The summed E-state index contributed by atoms with van der Waals surface area (Å²) in [6.07, 6.45) is -3.51. The number of hydrogen-bond donors (Lipinski definition) is 1.